The predicted octanol–water partition coefficient (Wildman–Crippen LogP) is 6.50. The molecule has 0 aromatic heterocycles. The van der Waals surface area contributed by atoms with Crippen LogP contribution in [0.1, 0.15) is 41.3 Å². The van der Waals surface area contributed by atoms with Gasteiger partial charge in [0.1, 0.15) is 0 Å². The van der Waals surface area contributed by atoms with Crippen LogP contribution in [0, 0.1) is 0 Å². The van der Waals surface area contributed by atoms with Gasteiger partial charge in [0.15, 0.2) is 0 Å². The lowest BCUT2D eigenvalue weighted by Gasteiger charge is -2.34. The van der Waals surface area contributed by atoms with Crippen LogP contribution in [0.2, 0.25) is 0 Å². The van der Waals surface area contributed by atoms with Gasteiger partial charge in [-0.1, -0.05) is 38.1 Å². The van der Waals surface area contributed by atoms with Crippen LogP contribution in [0.5, 0.6) is 0 Å². The largest absolute Gasteiger partial charge is 0.416 e. The highest BCUT2D eigenvalue weighted by Crippen LogP contribution is 2.36. The minimum Gasteiger partial charge on any atom is -0.369 e. The first-order chi connectivity index (χ1) is 16.6. The van der Waals surface area contributed by atoms with Crippen LogP contribution in [0.4, 0.5) is 24.5 Å². The third-order valence-corrected chi connectivity index (χ3v) is 6.46. The average molecular weight is 482 g/mol. The summed E-state index contributed by atoms with van der Waals surface area (Å²) < 4.78 is 39.2. The Morgan fingerprint density at radius 2 is 1.51 bits per heavy atom. The lowest BCUT2D eigenvalue weighted by molar-refractivity contribution is -0.137. The summed E-state index contributed by atoms with van der Waals surface area (Å²) in [6, 6.07) is 18.2. The van der Waals surface area contributed by atoms with E-state index in [0.29, 0.717) is 22.4 Å². The molecule has 1 heterocycles. The zero-order valence-corrected chi connectivity index (χ0v) is 20.2. The van der Waals surface area contributed by atoms with Crippen LogP contribution in [0.3, 0.4) is 0 Å². The first-order valence-electron chi connectivity index (χ1n) is 11.8. The quantitative estimate of drug-likeness (QED) is 0.452. The highest BCUT2D eigenvalue weighted by atomic mass is 19.4. The number of halogens is 3. The molecule has 0 unspecified atom stereocenters. The predicted molar refractivity (Wildman–Crippen MR) is 135 cm³/mol. The van der Waals surface area contributed by atoms with Crippen LogP contribution >= 0.6 is 0 Å². The molecule has 7 heteroatoms. The summed E-state index contributed by atoms with van der Waals surface area (Å²) in [4.78, 5) is 17.9. The summed E-state index contributed by atoms with van der Waals surface area (Å²) >= 11 is 0. The smallest absolute Gasteiger partial charge is 0.369 e. The van der Waals surface area contributed by atoms with Gasteiger partial charge in [0.2, 0.25) is 0 Å². The number of amides is 1. The van der Waals surface area contributed by atoms with Crippen molar-refractivity contribution in [2.75, 3.05) is 43.4 Å². The topological polar surface area (TPSA) is 35.6 Å². The lowest BCUT2D eigenvalue weighted by atomic mass is 9.88. The number of carbonyl (C=O) groups is 1. The summed E-state index contributed by atoms with van der Waals surface area (Å²) in [6.07, 6.45) is -4.41. The van der Waals surface area contributed by atoms with Gasteiger partial charge in [-0.25, -0.2) is 0 Å². The fraction of sp³-hybridized carbons (Fsp3) is 0.321. The normalized spacial score (nSPS) is 14.9. The van der Waals surface area contributed by atoms with Gasteiger partial charge in [-0.05, 0) is 72.1 Å². The van der Waals surface area contributed by atoms with Gasteiger partial charge in [0, 0.05) is 43.1 Å². The molecule has 0 spiro atoms. The number of rotatable bonds is 5. The second kappa shape index (κ2) is 10.1. The molecular formula is C28H30F3N3O. The third-order valence-electron chi connectivity index (χ3n) is 6.46. The van der Waals surface area contributed by atoms with E-state index < -0.39 is 11.7 Å². The Labute approximate surface area is 204 Å². The van der Waals surface area contributed by atoms with Gasteiger partial charge < -0.3 is 15.1 Å². The number of hydrogen-bond donors (Lipinski definition) is 1. The van der Waals surface area contributed by atoms with Crippen molar-refractivity contribution in [3.05, 3.63) is 83.4 Å². The molecule has 3 aromatic rings. The van der Waals surface area contributed by atoms with E-state index in [4.69, 9.17) is 0 Å². The molecule has 4 nitrogen and oxygen atoms in total. The van der Waals surface area contributed by atoms with Crippen molar-refractivity contribution in [1.82, 2.24) is 4.90 Å². The molecule has 184 valence electrons. The second-order valence-electron chi connectivity index (χ2n) is 9.29. The summed E-state index contributed by atoms with van der Waals surface area (Å²) in [5, 5.41) is 2.96. The molecule has 1 aliphatic heterocycles. The lowest BCUT2D eigenvalue weighted by Crippen LogP contribution is -2.44. The number of carbonyl (C=O) groups excluding carboxylic acids is 1. The number of nitrogens with zero attached hydrogens (tertiary/aromatic N) is 2. The molecule has 0 saturated carbocycles. The van der Waals surface area contributed by atoms with Gasteiger partial charge >= 0.3 is 6.18 Å². The molecule has 1 saturated heterocycles. The van der Waals surface area contributed by atoms with Crippen LogP contribution in [0.25, 0.3) is 11.1 Å². The Morgan fingerprint density at radius 3 is 2.09 bits per heavy atom. The van der Waals surface area contributed by atoms with Gasteiger partial charge in [-0.2, -0.15) is 13.2 Å². The molecule has 35 heavy (non-hydrogen) atoms. The van der Waals surface area contributed by atoms with Gasteiger partial charge in [-0.15, -0.1) is 0 Å². The van der Waals surface area contributed by atoms with E-state index >= 15 is 0 Å². The van der Waals surface area contributed by atoms with E-state index in [2.05, 4.69) is 22.2 Å². The third kappa shape index (κ3) is 5.68. The Morgan fingerprint density at radius 1 is 0.886 bits per heavy atom. The number of anilines is 2. The van der Waals surface area contributed by atoms with Gasteiger partial charge in [-0.3, -0.25) is 4.79 Å². The fourth-order valence-electron chi connectivity index (χ4n) is 4.41. The summed E-state index contributed by atoms with van der Waals surface area (Å²) in [7, 11) is 2.11. The van der Waals surface area contributed by atoms with Gasteiger partial charge in [0.05, 0.1) is 5.56 Å². The molecular weight excluding hydrogens is 451 g/mol. The van der Waals surface area contributed by atoms with Crippen molar-refractivity contribution in [2.45, 2.75) is 25.9 Å². The zero-order valence-electron chi connectivity index (χ0n) is 20.2. The van der Waals surface area contributed by atoms with Crippen molar-refractivity contribution < 1.29 is 18.0 Å². The SMILES string of the molecule is CC(C)c1cccc(C(=O)Nc2ccc(N3CCN(C)CC3)cc2)c1-c1ccc(C(F)(F)F)cc1. The number of likely N-dealkylation sites (N-methyl/N-ethyl adjacent to an activating group) is 1. The molecule has 0 radical (unpaired) electrons. The molecule has 0 bridgehead atoms. The Kier molecular flexibility index (Phi) is 7.17. The summed E-state index contributed by atoms with van der Waals surface area (Å²) in [5.74, 6) is -0.211. The molecule has 3 aromatic carbocycles. The van der Waals surface area contributed by atoms with Crippen LogP contribution in [0.15, 0.2) is 66.7 Å². The number of piperazine rings is 1. The van der Waals surface area contributed by atoms with E-state index in [9.17, 15) is 18.0 Å². The number of hydrogen-bond acceptors (Lipinski definition) is 3. The van der Waals surface area contributed by atoms with Crippen molar-refractivity contribution in [2.24, 2.45) is 0 Å². The Hall–Kier alpha value is -3.32. The standard InChI is InChI=1S/C28H30F3N3O/c1-19(2)24-5-4-6-25(26(24)20-7-9-21(10-8-20)28(29,30)31)27(35)32-22-11-13-23(14-12-22)34-17-15-33(3)16-18-34/h4-14,19H,15-18H2,1-3H3,(H,32,35). The first-order valence-corrected chi connectivity index (χ1v) is 11.8. The molecule has 1 fully saturated rings. The molecule has 1 amide bonds. The minimum atomic E-state index is -4.41. The first kappa shape index (κ1) is 24.8. The summed E-state index contributed by atoms with van der Waals surface area (Å²) in [6.45, 7) is 7.94. The fourth-order valence-corrected chi connectivity index (χ4v) is 4.41. The van der Waals surface area contributed by atoms with E-state index in [1.54, 1.807) is 6.07 Å². The molecule has 0 aliphatic carbocycles. The Balaban J connectivity index is 1.60. The highest BCUT2D eigenvalue weighted by molar-refractivity contribution is 6.09. The van der Waals surface area contributed by atoms with Crippen LogP contribution < -0.4 is 10.2 Å². The molecule has 0 atom stereocenters. The minimum absolute atomic E-state index is 0.0860. The monoisotopic (exact) mass is 481 g/mol. The number of benzene rings is 3. The van der Waals surface area contributed by atoms with Crippen molar-refractivity contribution >= 4 is 17.3 Å². The molecule has 4 rings (SSSR count). The van der Waals surface area contributed by atoms with Crippen molar-refractivity contribution in [1.29, 1.82) is 0 Å². The average Bonchev–Trinajstić information content (AvgIpc) is 2.84. The van der Waals surface area contributed by atoms with E-state index in [-0.39, 0.29) is 11.8 Å². The van der Waals surface area contributed by atoms with Crippen molar-refractivity contribution in [3.8, 4) is 11.1 Å². The number of alkyl halides is 3. The van der Waals surface area contributed by atoms with E-state index in [1.165, 1.54) is 12.1 Å². The van der Waals surface area contributed by atoms with Gasteiger partial charge in [0.25, 0.3) is 5.91 Å². The zero-order chi connectivity index (χ0) is 25.2. The maximum atomic E-state index is 13.3. The summed E-state index contributed by atoms with van der Waals surface area (Å²) in [5.41, 5.74) is 3.64. The number of nitrogens with one attached hydrogen (secondary N) is 1. The van der Waals surface area contributed by atoms with Crippen molar-refractivity contribution in [3.63, 3.8) is 0 Å². The second-order valence-corrected chi connectivity index (χ2v) is 9.29. The molecule has 1 N–H and O–H groups in total. The molecule has 1 aliphatic rings. The maximum absolute atomic E-state index is 13.3. The van der Waals surface area contributed by atoms with E-state index in [1.807, 2.05) is 50.2 Å². The highest BCUT2D eigenvalue weighted by Gasteiger charge is 2.30. The van der Waals surface area contributed by atoms with Crippen LogP contribution in [-0.2, 0) is 6.18 Å². The Bertz CT molecular complexity index is 1160. The van der Waals surface area contributed by atoms with Crippen LogP contribution in [-0.4, -0.2) is 44.0 Å². The van der Waals surface area contributed by atoms with E-state index in [0.717, 1.165) is 49.6 Å². The maximum Gasteiger partial charge on any atom is 0.416 e.